The van der Waals surface area contributed by atoms with Crippen molar-refractivity contribution in [1.29, 1.82) is 0 Å². The largest absolute Gasteiger partial charge is 0.497 e. The molecule has 0 saturated carbocycles. The second kappa shape index (κ2) is 10.8. The van der Waals surface area contributed by atoms with Crippen LogP contribution in [0.1, 0.15) is 25.3 Å². The molecule has 0 heterocycles. The highest BCUT2D eigenvalue weighted by atomic mass is 16.5. The minimum absolute atomic E-state index is 0.358. The number of fused-ring (bicyclic) bond motifs is 1. The smallest absolute Gasteiger partial charge is 0.249 e. The van der Waals surface area contributed by atoms with Gasteiger partial charge in [0, 0.05) is 17.3 Å². The third-order valence-electron chi connectivity index (χ3n) is 4.45. The molecule has 160 valence electrons. The molecule has 0 aromatic heterocycles. The third kappa shape index (κ3) is 6.05. The van der Waals surface area contributed by atoms with E-state index in [9.17, 15) is 9.59 Å². The van der Waals surface area contributed by atoms with Crippen LogP contribution in [0, 0.1) is 0 Å². The van der Waals surface area contributed by atoms with Gasteiger partial charge in [-0.05, 0) is 35.4 Å². The molecule has 0 atom stereocenters. The topological polar surface area (TPSA) is 89.0 Å². The number of amides is 2. The van der Waals surface area contributed by atoms with Crippen molar-refractivity contribution in [3.05, 3.63) is 66.2 Å². The van der Waals surface area contributed by atoms with Crippen molar-refractivity contribution in [3.8, 4) is 11.5 Å². The van der Waals surface area contributed by atoms with Crippen molar-refractivity contribution in [2.45, 2.75) is 19.8 Å². The number of hydrogen-bond acceptors (Lipinski definition) is 5. The summed E-state index contributed by atoms with van der Waals surface area (Å²) < 4.78 is 10.9. The number of anilines is 1. The SMILES string of the molecule is CCCOc1ccc2ccccc2c1C=NNC(=O)CC(=O)Nc1cccc(OC)c1. The second-order valence-corrected chi connectivity index (χ2v) is 6.80. The maximum Gasteiger partial charge on any atom is 0.249 e. The number of benzene rings is 3. The van der Waals surface area contributed by atoms with Gasteiger partial charge in [-0.3, -0.25) is 9.59 Å². The Morgan fingerprint density at radius 2 is 1.87 bits per heavy atom. The fraction of sp³-hybridized carbons (Fsp3) is 0.208. The van der Waals surface area contributed by atoms with E-state index < -0.39 is 11.8 Å². The van der Waals surface area contributed by atoms with Gasteiger partial charge in [0.05, 0.1) is 19.9 Å². The van der Waals surface area contributed by atoms with E-state index >= 15 is 0 Å². The molecule has 0 aliphatic heterocycles. The maximum atomic E-state index is 12.1. The lowest BCUT2D eigenvalue weighted by atomic mass is 10.0. The molecule has 0 saturated heterocycles. The highest BCUT2D eigenvalue weighted by Gasteiger charge is 2.10. The summed E-state index contributed by atoms with van der Waals surface area (Å²) in [4.78, 5) is 24.3. The molecule has 3 aromatic rings. The molecular formula is C24H25N3O4. The first-order valence-corrected chi connectivity index (χ1v) is 10.0. The van der Waals surface area contributed by atoms with Crippen LogP contribution in [-0.4, -0.2) is 31.7 Å². The van der Waals surface area contributed by atoms with Crippen LogP contribution < -0.4 is 20.2 Å². The number of carbonyl (C=O) groups is 2. The van der Waals surface area contributed by atoms with Crippen LogP contribution in [0.3, 0.4) is 0 Å². The van der Waals surface area contributed by atoms with Crippen molar-refractivity contribution in [3.63, 3.8) is 0 Å². The Morgan fingerprint density at radius 3 is 2.68 bits per heavy atom. The van der Waals surface area contributed by atoms with Crippen LogP contribution >= 0.6 is 0 Å². The van der Waals surface area contributed by atoms with E-state index in [2.05, 4.69) is 15.8 Å². The molecule has 0 radical (unpaired) electrons. The minimum Gasteiger partial charge on any atom is -0.497 e. The van der Waals surface area contributed by atoms with E-state index in [0.717, 1.165) is 22.8 Å². The number of ether oxygens (including phenoxy) is 2. The molecule has 0 bridgehead atoms. The first kappa shape index (κ1) is 21.8. The molecule has 0 aliphatic rings. The Balaban J connectivity index is 1.64. The molecule has 7 nitrogen and oxygen atoms in total. The van der Waals surface area contributed by atoms with Gasteiger partial charge in [0.25, 0.3) is 0 Å². The summed E-state index contributed by atoms with van der Waals surface area (Å²) in [7, 11) is 1.54. The molecule has 3 aromatic carbocycles. The summed E-state index contributed by atoms with van der Waals surface area (Å²) in [6.45, 7) is 2.61. The summed E-state index contributed by atoms with van der Waals surface area (Å²) in [5.41, 5.74) is 3.73. The molecule has 7 heteroatoms. The lowest BCUT2D eigenvalue weighted by Gasteiger charge is -2.11. The second-order valence-electron chi connectivity index (χ2n) is 6.80. The van der Waals surface area contributed by atoms with Gasteiger partial charge in [-0.1, -0.05) is 43.3 Å². The molecule has 0 spiro atoms. The van der Waals surface area contributed by atoms with Gasteiger partial charge in [-0.25, -0.2) is 5.43 Å². The predicted octanol–water partition coefficient (Wildman–Crippen LogP) is 4.12. The fourth-order valence-corrected chi connectivity index (χ4v) is 3.01. The Kier molecular flexibility index (Phi) is 7.59. The van der Waals surface area contributed by atoms with Gasteiger partial charge >= 0.3 is 0 Å². The number of hydrogen-bond donors (Lipinski definition) is 2. The molecule has 3 rings (SSSR count). The van der Waals surface area contributed by atoms with Crippen molar-refractivity contribution < 1.29 is 19.1 Å². The van der Waals surface area contributed by atoms with Gasteiger partial charge in [0.15, 0.2) is 0 Å². The third-order valence-corrected chi connectivity index (χ3v) is 4.45. The Morgan fingerprint density at radius 1 is 1.03 bits per heavy atom. The van der Waals surface area contributed by atoms with Crippen LogP contribution in [0.15, 0.2) is 65.8 Å². The molecule has 0 aliphatic carbocycles. The predicted molar refractivity (Wildman–Crippen MR) is 122 cm³/mol. The van der Waals surface area contributed by atoms with Crippen molar-refractivity contribution in [2.24, 2.45) is 5.10 Å². The van der Waals surface area contributed by atoms with Gasteiger partial charge in [0.2, 0.25) is 11.8 Å². The quantitative estimate of drug-likeness (QED) is 0.310. The first-order valence-electron chi connectivity index (χ1n) is 10.0. The zero-order valence-electron chi connectivity index (χ0n) is 17.6. The molecule has 0 fully saturated rings. The van der Waals surface area contributed by atoms with Gasteiger partial charge in [-0.15, -0.1) is 0 Å². The maximum absolute atomic E-state index is 12.1. The lowest BCUT2D eigenvalue weighted by Crippen LogP contribution is -2.24. The number of rotatable bonds is 9. The highest BCUT2D eigenvalue weighted by molar-refractivity contribution is 6.05. The van der Waals surface area contributed by atoms with E-state index in [0.29, 0.717) is 23.8 Å². The number of nitrogens with zero attached hydrogens (tertiary/aromatic N) is 1. The molecular weight excluding hydrogens is 394 g/mol. The monoisotopic (exact) mass is 419 g/mol. The molecule has 2 amide bonds. The Bertz CT molecular complexity index is 1100. The van der Waals surface area contributed by atoms with E-state index in [1.165, 1.54) is 0 Å². The van der Waals surface area contributed by atoms with E-state index in [4.69, 9.17) is 9.47 Å². The van der Waals surface area contributed by atoms with Crippen molar-refractivity contribution in [1.82, 2.24) is 5.43 Å². The van der Waals surface area contributed by atoms with Crippen LogP contribution in [-0.2, 0) is 9.59 Å². The van der Waals surface area contributed by atoms with Crippen molar-refractivity contribution in [2.75, 3.05) is 19.0 Å². The summed E-state index contributed by atoms with van der Waals surface area (Å²) in [6.07, 6.45) is 2.07. The molecule has 31 heavy (non-hydrogen) atoms. The average molecular weight is 419 g/mol. The zero-order chi connectivity index (χ0) is 22.1. The van der Waals surface area contributed by atoms with Gasteiger partial charge < -0.3 is 14.8 Å². The number of nitrogens with one attached hydrogen (secondary N) is 2. The Hall–Kier alpha value is -3.87. The van der Waals surface area contributed by atoms with Crippen LogP contribution in [0.4, 0.5) is 5.69 Å². The molecule has 0 unspecified atom stereocenters. The fourth-order valence-electron chi connectivity index (χ4n) is 3.01. The van der Waals surface area contributed by atoms with E-state index in [1.54, 1.807) is 37.6 Å². The van der Waals surface area contributed by atoms with Crippen LogP contribution in [0.2, 0.25) is 0 Å². The normalized spacial score (nSPS) is 10.8. The minimum atomic E-state index is -0.520. The van der Waals surface area contributed by atoms with Crippen LogP contribution in [0.5, 0.6) is 11.5 Å². The van der Waals surface area contributed by atoms with Gasteiger partial charge in [0.1, 0.15) is 17.9 Å². The summed E-state index contributed by atoms with van der Waals surface area (Å²) in [6, 6.07) is 18.6. The summed E-state index contributed by atoms with van der Waals surface area (Å²) in [5.74, 6) is 0.336. The summed E-state index contributed by atoms with van der Waals surface area (Å²) >= 11 is 0. The summed E-state index contributed by atoms with van der Waals surface area (Å²) in [5, 5.41) is 8.71. The van der Waals surface area contributed by atoms with Crippen molar-refractivity contribution >= 4 is 34.5 Å². The highest BCUT2D eigenvalue weighted by Crippen LogP contribution is 2.26. The average Bonchev–Trinajstić information content (AvgIpc) is 2.78. The van der Waals surface area contributed by atoms with Crippen LogP contribution in [0.25, 0.3) is 10.8 Å². The van der Waals surface area contributed by atoms with Gasteiger partial charge in [-0.2, -0.15) is 5.10 Å². The zero-order valence-corrected chi connectivity index (χ0v) is 17.6. The number of carbonyl (C=O) groups excluding carboxylic acids is 2. The lowest BCUT2D eigenvalue weighted by molar-refractivity contribution is -0.126. The number of hydrazone groups is 1. The van der Waals surface area contributed by atoms with E-state index in [-0.39, 0.29) is 6.42 Å². The van der Waals surface area contributed by atoms with E-state index in [1.807, 2.05) is 43.3 Å². The number of methoxy groups -OCH3 is 1. The molecule has 2 N–H and O–H groups in total. The standard InChI is InChI=1S/C24H25N3O4/c1-3-13-31-22-12-11-17-7-4-5-10-20(17)21(22)16-25-27-24(29)15-23(28)26-18-8-6-9-19(14-18)30-2/h4-12,14,16H,3,13,15H2,1-2H3,(H,26,28)(H,27,29). The first-order chi connectivity index (χ1) is 15.1. The Labute approximate surface area is 181 Å².